The van der Waals surface area contributed by atoms with Gasteiger partial charge in [-0.2, -0.15) is 0 Å². The number of halogens is 2. The van der Waals surface area contributed by atoms with Gasteiger partial charge in [-0.3, -0.25) is 4.79 Å². The Bertz CT molecular complexity index is 716. The summed E-state index contributed by atoms with van der Waals surface area (Å²) in [4.78, 5) is 11.7. The Labute approximate surface area is 154 Å². The highest BCUT2D eigenvalue weighted by Gasteiger charge is 2.15. The van der Waals surface area contributed by atoms with E-state index >= 15 is 0 Å². The number of carbonyl (C=O) groups is 1. The molecule has 6 nitrogen and oxygen atoms in total. The Kier molecular flexibility index (Phi) is 6.37. The van der Waals surface area contributed by atoms with E-state index in [0.717, 1.165) is 0 Å². The number of aromatic nitrogens is 2. The maximum absolute atomic E-state index is 11.7. The van der Waals surface area contributed by atoms with Crippen molar-refractivity contribution in [3.8, 4) is 5.75 Å². The van der Waals surface area contributed by atoms with Crippen molar-refractivity contribution >= 4 is 40.9 Å². The SMILES string of the molecule is CC(C)(C)NC(=O)CSc1nnc(COc2ccc(Cl)cc2Cl)o1. The van der Waals surface area contributed by atoms with Crippen LogP contribution in [-0.2, 0) is 11.4 Å². The molecule has 0 aliphatic rings. The molecule has 9 heteroatoms. The second kappa shape index (κ2) is 8.09. The summed E-state index contributed by atoms with van der Waals surface area (Å²) in [7, 11) is 0. The van der Waals surface area contributed by atoms with Gasteiger partial charge in [0.15, 0.2) is 6.61 Å². The van der Waals surface area contributed by atoms with Gasteiger partial charge in [-0.05, 0) is 39.0 Å². The van der Waals surface area contributed by atoms with Crippen LogP contribution in [0.3, 0.4) is 0 Å². The van der Waals surface area contributed by atoms with E-state index in [2.05, 4.69) is 15.5 Å². The molecular formula is C15H17Cl2N3O3S. The molecule has 0 saturated heterocycles. The first-order valence-corrected chi connectivity index (χ1v) is 8.81. The molecule has 1 N–H and O–H groups in total. The summed E-state index contributed by atoms with van der Waals surface area (Å²) in [5, 5.41) is 11.8. The van der Waals surface area contributed by atoms with E-state index in [1.807, 2.05) is 20.8 Å². The van der Waals surface area contributed by atoms with Crippen LogP contribution < -0.4 is 10.1 Å². The highest BCUT2D eigenvalue weighted by atomic mass is 35.5. The topological polar surface area (TPSA) is 77.2 Å². The highest BCUT2D eigenvalue weighted by molar-refractivity contribution is 7.99. The Morgan fingerprint density at radius 3 is 2.75 bits per heavy atom. The van der Waals surface area contributed by atoms with E-state index in [1.54, 1.807) is 18.2 Å². The number of amides is 1. The Morgan fingerprint density at radius 2 is 2.08 bits per heavy atom. The van der Waals surface area contributed by atoms with Crippen molar-refractivity contribution in [3.63, 3.8) is 0 Å². The molecule has 0 saturated carbocycles. The van der Waals surface area contributed by atoms with E-state index < -0.39 is 0 Å². The van der Waals surface area contributed by atoms with Gasteiger partial charge >= 0.3 is 0 Å². The average Bonchev–Trinajstić information content (AvgIpc) is 2.90. The molecule has 1 aromatic carbocycles. The first kappa shape index (κ1) is 18.9. The monoisotopic (exact) mass is 389 g/mol. The molecular weight excluding hydrogens is 373 g/mol. The third kappa shape index (κ3) is 6.22. The zero-order chi connectivity index (χ0) is 17.7. The molecule has 0 aliphatic heterocycles. The minimum absolute atomic E-state index is 0.0725. The molecule has 0 atom stereocenters. The summed E-state index contributed by atoms with van der Waals surface area (Å²) in [5.74, 6) is 0.859. The molecule has 130 valence electrons. The molecule has 2 rings (SSSR count). The summed E-state index contributed by atoms with van der Waals surface area (Å²) < 4.78 is 10.9. The number of nitrogens with zero attached hydrogens (tertiary/aromatic N) is 2. The normalized spacial score (nSPS) is 11.4. The number of nitrogens with one attached hydrogen (secondary N) is 1. The van der Waals surface area contributed by atoms with Gasteiger partial charge in [0.05, 0.1) is 10.8 Å². The van der Waals surface area contributed by atoms with E-state index in [4.69, 9.17) is 32.4 Å². The molecule has 1 heterocycles. The lowest BCUT2D eigenvalue weighted by molar-refractivity contribution is -0.119. The summed E-state index contributed by atoms with van der Waals surface area (Å²) >= 11 is 13.0. The quantitative estimate of drug-likeness (QED) is 0.753. The van der Waals surface area contributed by atoms with Crippen LogP contribution in [0.2, 0.25) is 10.0 Å². The molecule has 0 fully saturated rings. The van der Waals surface area contributed by atoms with Crippen molar-refractivity contribution in [3.05, 3.63) is 34.1 Å². The lowest BCUT2D eigenvalue weighted by atomic mass is 10.1. The standard InChI is InChI=1S/C15H17Cl2N3O3S/c1-15(2,3)18-12(21)8-24-14-20-19-13(23-14)7-22-11-5-4-9(16)6-10(11)17/h4-6H,7-8H2,1-3H3,(H,18,21). The highest BCUT2D eigenvalue weighted by Crippen LogP contribution is 2.28. The molecule has 0 spiro atoms. The molecule has 24 heavy (non-hydrogen) atoms. The van der Waals surface area contributed by atoms with E-state index in [0.29, 0.717) is 26.9 Å². The molecule has 2 aromatic rings. The van der Waals surface area contributed by atoms with Crippen LogP contribution in [0.4, 0.5) is 0 Å². The lowest BCUT2D eigenvalue weighted by Gasteiger charge is -2.19. The van der Waals surface area contributed by atoms with Crippen molar-refractivity contribution in [1.29, 1.82) is 0 Å². The number of benzene rings is 1. The van der Waals surface area contributed by atoms with Gasteiger partial charge in [0, 0.05) is 10.6 Å². The zero-order valence-electron chi connectivity index (χ0n) is 13.4. The lowest BCUT2D eigenvalue weighted by Crippen LogP contribution is -2.41. The maximum atomic E-state index is 11.7. The molecule has 0 bridgehead atoms. The van der Waals surface area contributed by atoms with Crippen LogP contribution in [0.1, 0.15) is 26.7 Å². The van der Waals surface area contributed by atoms with Gasteiger partial charge in [-0.15, -0.1) is 10.2 Å². The summed E-state index contributed by atoms with van der Waals surface area (Å²) in [6.45, 7) is 5.82. The number of carbonyl (C=O) groups excluding carboxylic acids is 1. The van der Waals surface area contributed by atoms with E-state index in [-0.39, 0.29) is 23.8 Å². The van der Waals surface area contributed by atoms with Gasteiger partial charge < -0.3 is 14.5 Å². The number of thioether (sulfide) groups is 1. The fourth-order valence-electron chi connectivity index (χ4n) is 1.67. The van der Waals surface area contributed by atoms with Crippen molar-refractivity contribution in [1.82, 2.24) is 15.5 Å². The van der Waals surface area contributed by atoms with E-state index in [1.165, 1.54) is 11.8 Å². The fourth-order valence-corrected chi connectivity index (χ4v) is 2.71. The minimum Gasteiger partial charge on any atom is -0.482 e. The van der Waals surface area contributed by atoms with Crippen LogP contribution in [0.5, 0.6) is 5.75 Å². The van der Waals surface area contributed by atoms with Crippen LogP contribution in [0.15, 0.2) is 27.8 Å². The largest absolute Gasteiger partial charge is 0.482 e. The Hall–Kier alpha value is -1.44. The molecule has 0 aliphatic carbocycles. The fraction of sp³-hybridized carbons (Fsp3) is 0.400. The van der Waals surface area contributed by atoms with Gasteiger partial charge in [-0.1, -0.05) is 35.0 Å². The van der Waals surface area contributed by atoms with Crippen LogP contribution in [-0.4, -0.2) is 27.4 Å². The maximum Gasteiger partial charge on any atom is 0.277 e. The molecule has 1 amide bonds. The van der Waals surface area contributed by atoms with Crippen molar-refractivity contribution in [2.45, 2.75) is 38.1 Å². The number of hydrogen-bond donors (Lipinski definition) is 1. The predicted octanol–water partition coefficient (Wildman–Crippen LogP) is 3.96. The first-order valence-electron chi connectivity index (χ1n) is 7.07. The van der Waals surface area contributed by atoms with Crippen molar-refractivity contribution in [2.24, 2.45) is 0 Å². The minimum atomic E-state index is -0.274. The second-order valence-corrected chi connectivity index (χ2v) is 7.68. The summed E-state index contributed by atoms with van der Waals surface area (Å²) in [5.41, 5.74) is -0.274. The molecule has 0 radical (unpaired) electrons. The second-order valence-electron chi connectivity index (χ2n) is 5.91. The zero-order valence-corrected chi connectivity index (χ0v) is 15.8. The first-order chi connectivity index (χ1) is 11.2. The van der Waals surface area contributed by atoms with Crippen LogP contribution in [0, 0.1) is 0 Å². The third-order valence-corrected chi connectivity index (χ3v) is 3.88. The number of hydrogen-bond acceptors (Lipinski definition) is 6. The van der Waals surface area contributed by atoms with Crippen molar-refractivity contribution < 1.29 is 13.9 Å². The number of ether oxygens (including phenoxy) is 1. The van der Waals surface area contributed by atoms with Gasteiger partial charge in [-0.25, -0.2) is 0 Å². The summed E-state index contributed by atoms with van der Waals surface area (Å²) in [6, 6.07) is 4.92. The van der Waals surface area contributed by atoms with E-state index in [9.17, 15) is 4.79 Å². The van der Waals surface area contributed by atoms with Crippen LogP contribution in [0.25, 0.3) is 0 Å². The Balaban J connectivity index is 1.83. The molecule has 0 unspecified atom stereocenters. The molecule has 1 aromatic heterocycles. The Morgan fingerprint density at radius 1 is 1.33 bits per heavy atom. The summed E-state index contributed by atoms with van der Waals surface area (Å²) in [6.07, 6.45) is 0. The smallest absolute Gasteiger partial charge is 0.277 e. The number of rotatable bonds is 6. The van der Waals surface area contributed by atoms with Gasteiger partial charge in [0.25, 0.3) is 11.1 Å². The van der Waals surface area contributed by atoms with Gasteiger partial charge in [0.2, 0.25) is 5.91 Å². The van der Waals surface area contributed by atoms with Gasteiger partial charge in [0.1, 0.15) is 5.75 Å². The third-order valence-electron chi connectivity index (χ3n) is 2.53. The predicted molar refractivity (Wildman–Crippen MR) is 93.7 cm³/mol. The van der Waals surface area contributed by atoms with Crippen LogP contribution >= 0.6 is 35.0 Å². The average molecular weight is 390 g/mol. The van der Waals surface area contributed by atoms with Crippen molar-refractivity contribution in [2.75, 3.05) is 5.75 Å².